The van der Waals surface area contributed by atoms with Crippen LogP contribution < -0.4 is 10.1 Å². The molecule has 2 aromatic rings. The van der Waals surface area contributed by atoms with Crippen molar-refractivity contribution in [3.05, 3.63) is 30.5 Å². The van der Waals surface area contributed by atoms with Crippen LogP contribution in [0, 0.1) is 5.92 Å². The van der Waals surface area contributed by atoms with Crippen LogP contribution in [0.4, 0.5) is 0 Å². The first-order valence-corrected chi connectivity index (χ1v) is 7.59. The van der Waals surface area contributed by atoms with E-state index in [1.807, 2.05) is 48.9 Å². The fourth-order valence-electron chi connectivity index (χ4n) is 2.35. The first kappa shape index (κ1) is 16.4. The smallest absolute Gasteiger partial charge is 0.239 e. The van der Waals surface area contributed by atoms with Crippen molar-refractivity contribution in [2.24, 2.45) is 5.92 Å². The molecule has 0 spiro atoms. The van der Waals surface area contributed by atoms with Crippen molar-refractivity contribution in [1.82, 2.24) is 9.88 Å². The Balaban J connectivity index is 1.92. The van der Waals surface area contributed by atoms with E-state index >= 15 is 0 Å². The van der Waals surface area contributed by atoms with Crippen LogP contribution in [0.5, 0.6) is 5.75 Å². The molecule has 0 aliphatic rings. The second-order valence-electron chi connectivity index (χ2n) is 5.82. The maximum Gasteiger partial charge on any atom is 0.239 e. The third-order valence-corrected chi connectivity index (χ3v) is 3.82. The number of rotatable bonds is 7. The molecule has 1 aromatic carbocycles. The predicted octanol–water partition coefficient (Wildman–Crippen LogP) is 2.17. The molecule has 2 rings (SSSR count). The van der Waals surface area contributed by atoms with Crippen molar-refractivity contribution in [3.63, 3.8) is 0 Å². The molecule has 1 atom stereocenters. The minimum absolute atomic E-state index is 0.0516. The molecule has 0 saturated heterocycles. The molecule has 0 fully saturated rings. The third kappa shape index (κ3) is 4.01. The number of carbonyl (C=O) groups is 1. The average Bonchev–Trinajstić information content (AvgIpc) is 2.89. The molecular formula is C17H24N2O3. The van der Waals surface area contributed by atoms with Gasteiger partial charge in [-0.2, -0.15) is 0 Å². The van der Waals surface area contributed by atoms with Crippen molar-refractivity contribution in [3.8, 4) is 5.75 Å². The van der Waals surface area contributed by atoms with Crippen molar-refractivity contribution < 1.29 is 14.6 Å². The van der Waals surface area contributed by atoms with Gasteiger partial charge in [-0.15, -0.1) is 0 Å². The lowest BCUT2D eigenvalue weighted by Crippen LogP contribution is -2.31. The minimum Gasteiger partial charge on any atom is -0.497 e. The van der Waals surface area contributed by atoms with E-state index < -0.39 is 0 Å². The zero-order valence-corrected chi connectivity index (χ0v) is 13.4. The lowest BCUT2D eigenvalue weighted by Gasteiger charge is -2.14. The number of hydrogen-bond donors (Lipinski definition) is 2. The van der Waals surface area contributed by atoms with E-state index in [2.05, 4.69) is 5.32 Å². The standard InChI is InChI=1S/C17H24N2O3/c1-12(2)16(20)6-8-18-17(21)11-19-9-7-13-10-14(22-3)4-5-15(13)19/h4-5,7,9-10,12,16,20H,6,8,11H2,1-3H3,(H,18,21). The maximum atomic E-state index is 12.0. The average molecular weight is 304 g/mol. The molecule has 0 aliphatic carbocycles. The van der Waals surface area contributed by atoms with Crippen molar-refractivity contribution in [2.45, 2.75) is 32.9 Å². The SMILES string of the molecule is COc1ccc2c(ccn2CC(=O)NCCC(O)C(C)C)c1. The summed E-state index contributed by atoms with van der Waals surface area (Å²) in [5.41, 5.74) is 0.998. The summed E-state index contributed by atoms with van der Waals surface area (Å²) in [6, 6.07) is 7.75. The van der Waals surface area contributed by atoms with Crippen LogP contribution in [0.3, 0.4) is 0 Å². The first-order valence-electron chi connectivity index (χ1n) is 7.59. The van der Waals surface area contributed by atoms with Crippen LogP contribution in [0.2, 0.25) is 0 Å². The van der Waals surface area contributed by atoms with Crippen LogP contribution in [0.15, 0.2) is 30.5 Å². The van der Waals surface area contributed by atoms with Gasteiger partial charge in [0.1, 0.15) is 12.3 Å². The summed E-state index contributed by atoms with van der Waals surface area (Å²) in [4.78, 5) is 12.0. The van der Waals surface area contributed by atoms with E-state index in [0.717, 1.165) is 16.7 Å². The molecule has 2 N–H and O–H groups in total. The van der Waals surface area contributed by atoms with Crippen LogP contribution >= 0.6 is 0 Å². The van der Waals surface area contributed by atoms with E-state index in [-0.39, 0.29) is 24.5 Å². The number of nitrogens with zero attached hydrogens (tertiary/aromatic N) is 1. The Labute approximate surface area is 130 Å². The second kappa shape index (κ2) is 7.31. The van der Waals surface area contributed by atoms with E-state index in [1.165, 1.54) is 0 Å². The Morgan fingerprint density at radius 2 is 2.14 bits per heavy atom. The van der Waals surface area contributed by atoms with Crippen LogP contribution in [-0.2, 0) is 11.3 Å². The van der Waals surface area contributed by atoms with Gasteiger partial charge in [0.05, 0.1) is 13.2 Å². The van der Waals surface area contributed by atoms with Gasteiger partial charge in [-0.25, -0.2) is 0 Å². The van der Waals surface area contributed by atoms with Gasteiger partial charge in [0.15, 0.2) is 0 Å². The van der Waals surface area contributed by atoms with Crippen LogP contribution in [0.25, 0.3) is 10.9 Å². The number of amides is 1. The highest BCUT2D eigenvalue weighted by atomic mass is 16.5. The molecule has 0 bridgehead atoms. The van der Waals surface area contributed by atoms with Gasteiger partial charge in [-0.1, -0.05) is 13.8 Å². The zero-order chi connectivity index (χ0) is 16.1. The summed E-state index contributed by atoms with van der Waals surface area (Å²) < 4.78 is 7.10. The van der Waals surface area contributed by atoms with Gasteiger partial charge in [-0.05, 0) is 36.6 Å². The third-order valence-electron chi connectivity index (χ3n) is 3.82. The van der Waals surface area contributed by atoms with E-state index in [4.69, 9.17) is 4.74 Å². The van der Waals surface area contributed by atoms with Gasteiger partial charge < -0.3 is 19.7 Å². The number of aliphatic hydroxyl groups is 1. The number of fused-ring (bicyclic) bond motifs is 1. The Morgan fingerprint density at radius 3 is 2.82 bits per heavy atom. The normalized spacial score (nSPS) is 12.6. The summed E-state index contributed by atoms with van der Waals surface area (Å²) in [6.45, 7) is 4.69. The van der Waals surface area contributed by atoms with Crippen LogP contribution in [0.1, 0.15) is 20.3 Å². The summed E-state index contributed by atoms with van der Waals surface area (Å²) in [6.07, 6.45) is 2.10. The molecular weight excluding hydrogens is 280 g/mol. The minimum atomic E-state index is -0.375. The number of hydrogen-bond acceptors (Lipinski definition) is 3. The monoisotopic (exact) mass is 304 g/mol. The van der Waals surface area contributed by atoms with Crippen molar-refractivity contribution >= 4 is 16.8 Å². The van der Waals surface area contributed by atoms with E-state index in [0.29, 0.717) is 13.0 Å². The fraction of sp³-hybridized carbons (Fsp3) is 0.471. The van der Waals surface area contributed by atoms with Crippen LogP contribution in [-0.4, -0.2) is 35.3 Å². The zero-order valence-electron chi connectivity index (χ0n) is 13.4. The first-order chi connectivity index (χ1) is 10.5. The number of aromatic nitrogens is 1. The molecule has 0 saturated carbocycles. The van der Waals surface area contributed by atoms with Gasteiger partial charge in [0.2, 0.25) is 5.91 Å². The topological polar surface area (TPSA) is 63.5 Å². The molecule has 0 radical (unpaired) electrons. The molecule has 22 heavy (non-hydrogen) atoms. The Hall–Kier alpha value is -2.01. The lowest BCUT2D eigenvalue weighted by atomic mass is 10.0. The fourth-order valence-corrected chi connectivity index (χ4v) is 2.35. The maximum absolute atomic E-state index is 12.0. The summed E-state index contributed by atoms with van der Waals surface area (Å²) in [5, 5.41) is 13.6. The highest BCUT2D eigenvalue weighted by molar-refractivity contribution is 5.84. The van der Waals surface area contributed by atoms with Crippen molar-refractivity contribution in [1.29, 1.82) is 0 Å². The molecule has 1 amide bonds. The largest absolute Gasteiger partial charge is 0.497 e. The Morgan fingerprint density at radius 1 is 1.36 bits per heavy atom. The predicted molar refractivity (Wildman–Crippen MR) is 87.0 cm³/mol. The van der Waals surface area contributed by atoms with Gasteiger partial charge in [-0.3, -0.25) is 4.79 Å². The Bertz CT molecular complexity index is 634. The molecule has 5 nitrogen and oxygen atoms in total. The van der Waals surface area contributed by atoms with E-state index in [9.17, 15) is 9.90 Å². The highest BCUT2D eigenvalue weighted by Gasteiger charge is 2.10. The summed E-state index contributed by atoms with van der Waals surface area (Å²) >= 11 is 0. The molecule has 120 valence electrons. The summed E-state index contributed by atoms with van der Waals surface area (Å²) in [5.74, 6) is 0.960. The molecule has 5 heteroatoms. The van der Waals surface area contributed by atoms with E-state index in [1.54, 1.807) is 7.11 Å². The van der Waals surface area contributed by atoms with Crippen molar-refractivity contribution in [2.75, 3.05) is 13.7 Å². The summed E-state index contributed by atoms with van der Waals surface area (Å²) in [7, 11) is 1.64. The lowest BCUT2D eigenvalue weighted by molar-refractivity contribution is -0.121. The Kier molecular flexibility index (Phi) is 5.44. The van der Waals surface area contributed by atoms with Gasteiger partial charge in [0.25, 0.3) is 0 Å². The molecule has 1 aromatic heterocycles. The molecule has 1 heterocycles. The number of aliphatic hydroxyl groups excluding tert-OH is 1. The second-order valence-corrected chi connectivity index (χ2v) is 5.82. The number of benzene rings is 1. The molecule has 1 unspecified atom stereocenters. The quantitative estimate of drug-likeness (QED) is 0.824. The number of carbonyl (C=O) groups excluding carboxylic acids is 1. The number of nitrogens with one attached hydrogen (secondary N) is 1. The highest BCUT2D eigenvalue weighted by Crippen LogP contribution is 2.21. The number of ether oxygens (including phenoxy) is 1. The van der Waals surface area contributed by atoms with Gasteiger partial charge in [0, 0.05) is 23.6 Å². The molecule has 0 aliphatic heterocycles. The van der Waals surface area contributed by atoms with Gasteiger partial charge >= 0.3 is 0 Å². The number of methoxy groups -OCH3 is 1.